The molecule has 0 aliphatic heterocycles. The molecule has 0 aliphatic rings. The highest BCUT2D eigenvalue weighted by molar-refractivity contribution is 5.89. The van der Waals surface area contributed by atoms with Gasteiger partial charge in [-0.2, -0.15) is 4.98 Å². The van der Waals surface area contributed by atoms with E-state index < -0.39 is 5.97 Å². The summed E-state index contributed by atoms with van der Waals surface area (Å²) in [6.07, 6.45) is 1.66. The summed E-state index contributed by atoms with van der Waals surface area (Å²) in [6, 6.07) is 6.48. The molecule has 0 radical (unpaired) electrons. The lowest BCUT2D eigenvalue weighted by Crippen LogP contribution is -1.96. The van der Waals surface area contributed by atoms with Gasteiger partial charge in [-0.3, -0.25) is 0 Å². The minimum Gasteiger partial charge on any atom is -0.478 e. The van der Waals surface area contributed by atoms with Gasteiger partial charge in [0.1, 0.15) is 0 Å². The van der Waals surface area contributed by atoms with Crippen molar-refractivity contribution in [2.75, 3.05) is 0 Å². The van der Waals surface area contributed by atoms with E-state index in [-0.39, 0.29) is 5.56 Å². The van der Waals surface area contributed by atoms with E-state index >= 15 is 0 Å². The zero-order valence-electron chi connectivity index (χ0n) is 9.38. The van der Waals surface area contributed by atoms with Crippen LogP contribution in [0.1, 0.15) is 29.6 Å². The van der Waals surface area contributed by atoms with Crippen LogP contribution >= 0.6 is 0 Å². The molecule has 0 fully saturated rings. The second kappa shape index (κ2) is 4.78. The number of aromatic nitrogens is 2. The van der Waals surface area contributed by atoms with Crippen LogP contribution in [0.15, 0.2) is 28.8 Å². The van der Waals surface area contributed by atoms with Crippen molar-refractivity contribution in [1.82, 2.24) is 10.1 Å². The van der Waals surface area contributed by atoms with Gasteiger partial charge in [0.15, 0.2) is 0 Å². The molecule has 0 spiro atoms. The molecule has 1 aromatic heterocycles. The van der Waals surface area contributed by atoms with Crippen LogP contribution in [0.25, 0.3) is 11.4 Å². The van der Waals surface area contributed by atoms with Crippen molar-refractivity contribution >= 4 is 5.97 Å². The van der Waals surface area contributed by atoms with Crippen molar-refractivity contribution in [2.45, 2.75) is 19.8 Å². The maximum Gasteiger partial charge on any atom is 0.335 e. The number of hydrogen-bond donors (Lipinski definition) is 1. The Balaban J connectivity index is 2.32. The van der Waals surface area contributed by atoms with Crippen molar-refractivity contribution in [3.05, 3.63) is 35.7 Å². The van der Waals surface area contributed by atoms with Gasteiger partial charge < -0.3 is 9.63 Å². The van der Waals surface area contributed by atoms with Crippen LogP contribution in [-0.4, -0.2) is 21.2 Å². The molecule has 0 unspecified atom stereocenters. The van der Waals surface area contributed by atoms with Crippen molar-refractivity contribution in [1.29, 1.82) is 0 Å². The van der Waals surface area contributed by atoms with Crippen molar-refractivity contribution in [3.8, 4) is 11.4 Å². The Kier molecular flexibility index (Phi) is 3.18. The molecule has 0 aliphatic carbocycles. The molecular weight excluding hydrogens is 220 g/mol. The third kappa shape index (κ3) is 2.50. The quantitative estimate of drug-likeness (QED) is 0.875. The summed E-state index contributed by atoms with van der Waals surface area (Å²) >= 11 is 0. The lowest BCUT2D eigenvalue weighted by atomic mass is 10.1. The first-order chi connectivity index (χ1) is 8.20. The van der Waals surface area contributed by atoms with Crippen molar-refractivity contribution in [2.24, 2.45) is 0 Å². The zero-order chi connectivity index (χ0) is 12.3. The van der Waals surface area contributed by atoms with E-state index in [1.165, 1.54) is 12.1 Å². The van der Waals surface area contributed by atoms with E-state index in [9.17, 15) is 4.79 Å². The first kappa shape index (κ1) is 11.3. The topological polar surface area (TPSA) is 76.2 Å². The maximum absolute atomic E-state index is 10.8. The van der Waals surface area contributed by atoms with Crippen LogP contribution < -0.4 is 0 Å². The standard InChI is InChI=1S/C12H12N2O3/c1-2-4-10-13-11(14-17-10)8-5-3-6-9(7-8)12(15)16/h3,5-7H,2,4H2,1H3,(H,15,16). The Morgan fingerprint density at radius 3 is 3.00 bits per heavy atom. The van der Waals surface area contributed by atoms with Gasteiger partial charge in [-0.1, -0.05) is 24.2 Å². The molecule has 0 amide bonds. The molecule has 1 N–H and O–H groups in total. The lowest BCUT2D eigenvalue weighted by molar-refractivity contribution is 0.0697. The molecule has 0 saturated heterocycles. The molecule has 0 saturated carbocycles. The Morgan fingerprint density at radius 2 is 2.29 bits per heavy atom. The fourth-order valence-corrected chi connectivity index (χ4v) is 1.48. The summed E-state index contributed by atoms with van der Waals surface area (Å²) in [5, 5.41) is 12.7. The highest BCUT2D eigenvalue weighted by Gasteiger charge is 2.10. The summed E-state index contributed by atoms with van der Waals surface area (Å²) in [7, 11) is 0. The number of hydrogen-bond acceptors (Lipinski definition) is 4. The Bertz CT molecular complexity index is 534. The maximum atomic E-state index is 10.8. The minimum atomic E-state index is -0.968. The number of aromatic carboxylic acids is 1. The summed E-state index contributed by atoms with van der Waals surface area (Å²) in [5.41, 5.74) is 0.861. The zero-order valence-corrected chi connectivity index (χ0v) is 9.38. The first-order valence-corrected chi connectivity index (χ1v) is 5.37. The summed E-state index contributed by atoms with van der Waals surface area (Å²) in [6.45, 7) is 2.02. The predicted molar refractivity (Wildman–Crippen MR) is 60.7 cm³/mol. The van der Waals surface area contributed by atoms with Gasteiger partial charge in [0, 0.05) is 12.0 Å². The summed E-state index contributed by atoms with van der Waals surface area (Å²) in [4.78, 5) is 15.0. The van der Waals surface area contributed by atoms with Gasteiger partial charge >= 0.3 is 5.97 Å². The average Bonchev–Trinajstić information content (AvgIpc) is 2.78. The summed E-state index contributed by atoms with van der Waals surface area (Å²) < 4.78 is 5.05. The molecule has 17 heavy (non-hydrogen) atoms. The molecule has 0 bridgehead atoms. The average molecular weight is 232 g/mol. The molecule has 5 nitrogen and oxygen atoms in total. The van der Waals surface area contributed by atoms with E-state index in [0.717, 1.165) is 12.8 Å². The van der Waals surface area contributed by atoms with E-state index in [4.69, 9.17) is 9.63 Å². The van der Waals surface area contributed by atoms with Crippen LogP contribution in [0.2, 0.25) is 0 Å². The SMILES string of the molecule is CCCc1nc(-c2cccc(C(=O)O)c2)no1. The number of carboxylic acid groups (broad SMARTS) is 1. The van der Waals surface area contributed by atoms with Gasteiger partial charge in [-0.25, -0.2) is 4.79 Å². The van der Waals surface area contributed by atoms with Gasteiger partial charge in [0.05, 0.1) is 5.56 Å². The molecule has 88 valence electrons. The smallest absolute Gasteiger partial charge is 0.335 e. The Hall–Kier alpha value is -2.17. The van der Waals surface area contributed by atoms with Crippen LogP contribution in [0.4, 0.5) is 0 Å². The van der Waals surface area contributed by atoms with E-state index in [1.807, 2.05) is 6.92 Å². The number of aryl methyl sites for hydroxylation is 1. The molecular formula is C12H12N2O3. The number of nitrogens with zero attached hydrogens (tertiary/aromatic N) is 2. The van der Waals surface area contributed by atoms with Crippen LogP contribution in [0, 0.1) is 0 Å². The molecule has 2 aromatic rings. The number of carbonyl (C=O) groups is 1. The lowest BCUT2D eigenvalue weighted by Gasteiger charge is -1.96. The van der Waals surface area contributed by atoms with Gasteiger partial charge in [0.25, 0.3) is 0 Å². The van der Waals surface area contributed by atoms with Crippen LogP contribution in [0.5, 0.6) is 0 Å². The van der Waals surface area contributed by atoms with E-state index in [1.54, 1.807) is 12.1 Å². The number of rotatable bonds is 4. The van der Waals surface area contributed by atoms with Crippen LogP contribution in [-0.2, 0) is 6.42 Å². The second-order valence-electron chi connectivity index (χ2n) is 3.65. The fraction of sp³-hybridized carbons (Fsp3) is 0.250. The molecule has 0 atom stereocenters. The van der Waals surface area contributed by atoms with Crippen LogP contribution in [0.3, 0.4) is 0 Å². The predicted octanol–water partition coefficient (Wildman–Crippen LogP) is 2.39. The number of benzene rings is 1. The largest absolute Gasteiger partial charge is 0.478 e. The minimum absolute atomic E-state index is 0.212. The molecule has 1 aromatic carbocycles. The monoisotopic (exact) mass is 232 g/mol. The fourth-order valence-electron chi connectivity index (χ4n) is 1.48. The molecule has 5 heteroatoms. The first-order valence-electron chi connectivity index (χ1n) is 5.37. The summed E-state index contributed by atoms with van der Waals surface area (Å²) in [5.74, 6) is 0.0314. The molecule has 2 rings (SSSR count). The van der Waals surface area contributed by atoms with Gasteiger partial charge in [-0.15, -0.1) is 0 Å². The Labute approximate surface area is 98.1 Å². The van der Waals surface area contributed by atoms with Crippen molar-refractivity contribution in [3.63, 3.8) is 0 Å². The van der Waals surface area contributed by atoms with Gasteiger partial charge in [0.2, 0.25) is 11.7 Å². The number of carboxylic acids is 1. The highest BCUT2D eigenvalue weighted by Crippen LogP contribution is 2.17. The Morgan fingerprint density at radius 1 is 1.47 bits per heavy atom. The second-order valence-corrected chi connectivity index (χ2v) is 3.65. The van der Waals surface area contributed by atoms with E-state index in [2.05, 4.69) is 10.1 Å². The van der Waals surface area contributed by atoms with E-state index in [0.29, 0.717) is 17.3 Å². The highest BCUT2D eigenvalue weighted by atomic mass is 16.5. The molecule has 1 heterocycles. The third-order valence-corrected chi connectivity index (χ3v) is 2.30. The van der Waals surface area contributed by atoms with Crippen molar-refractivity contribution < 1.29 is 14.4 Å². The van der Waals surface area contributed by atoms with Gasteiger partial charge in [-0.05, 0) is 18.6 Å². The normalized spacial score (nSPS) is 10.4. The third-order valence-electron chi connectivity index (χ3n) is 2.30.